The van der Waals surface area contributed by atoms with Crippen LogP contribution in [-0.2, 0) is 19.1 Å². The van der Waals surface area contributed by atoms with Gasteiger partial charge in [0.2, 0.25) is 5.91 Å². The van der Waals surface area contributed by atoms with Crippen molar-refractivity contribution in [2.75, 3.05) is 6.61 Å². The summed E-state index contributed by atoms with van der Waals surface area (Å²) in [5.41, 5.74) is 0.362. The van der Waals surface area contributed by atoms with Crippen molar-refractivity contribution in [1.82, 2.24) is 5.32 Å². The SMILES string of the molecule is CC(=O)N[C@]1(C)[C@H](COC(C)=O)CC(=O)C[C@H]1c1ccccc1. The van der Waals surface area contributed by atoms with Gasteiger partial charge in [-0.2, -0.15) is 0 Å². The summed E-state index contributed by atoms with van der Waals surface area (Å²) in [5.74, 6) is -0.810. The number of amides is 1. The molecule has 0 heterocycles. The molecule has 124 valence electrons. The molecular formula is C18H23NO4. The second kappa shape index (κ2) is 6.94. The van der Waals surface area contributed by atoms with Crippen molar-refractivity contribution in [3.63, 3.8) is 0 Å². The predicted molar refractivity (Wildman–Crippen MR) is 85.8 cm³/mol. The monoisotopic (exact) mass is 317 g/mol. The fraction of sp³-hybridized carbons (Fsp3) is 0.500. The zero-order valence-corrected chi connectivity index (χ0v) is 13.8. The molecule has 23 heavy (non-hydrogen) atoms. The molecule has 3 atom stereocenters. The summed E-state index contributed by atoms with van der Waals surface area (Å²) in [5, 5.41) is 3.02. The van der Waals surface area contributed by atoms with Crippen molar-refractivity contribution < 1.29 is 19.1 Å². The number of carbonyl (C=O) groups excluding carboxylic acids is 3. The van der Waals surface area contributed by atoms with Crippen LogP contribution in [0.25, 0.3) is 0 Å². The maximum absolute atomic E-state index is 12.2. The Morgan fingerprint density at radius 3 is 2.43 bits per heavy atom. The minimum Gasteiger partial charge on any atom is -0.465 e. The normalized spacial score (nSPS) is 27.3. The summed E-state index contributed by atoms with van der Waals surface area (Å²) in [4.78, 5) is 35.1. The van der Waals surface area contributed by atoms with Crippen LogP contribution in [0.4, 0.5) is 0 Å². The van der Waals surface area contributed by atoms with Gasteiger partial charge in [0.15, 0.2) is 0 Å². The lowest BCUT2D eigenvalue weighted by atomic mass is 9.64. The molecule has 0 aliphatic heterocycles. The Morgan fingerprint density at radius 2 is 1.87 bits per heavy atom. The molecule has 1 aliphatic rings. The molecule has 1 N–H and O–H groups in total. The molecule has 0 saturated heterocycles. The minimum atomic E-state index is -0.642. The summed E-state index contributed by atoms with van der Waals surface area (Å²) in [6.07, 6.45) is 0.671. The average Bonchev–Trinajstić information content (AvgIpc) is 2.48. The Labute approximate surface area is 136 Å². The van der Waals surface area contributed by atoms with Crippen LogP contribution in [0.15, 0.2) is 30.3 Å². The number of carbonyl (C=O) groups is 3. The number of ether oxygens (including phenoxy) is 1. The first-order valence-corrected chi connectivity index (χ1v) is 7.81. The number of Topliss-reactive ketones (excluding diaryl/α,β-unsaturated/α-hetero) is 1. The molecule has 1 aromatic rings. The lowest BCUT2D eigenvalue weighted by molar-refractivity contribution is -0.146. The van der Waals surface area contributed by atoms with Gasteiger partial charge in [0, 0.05) is 38.5 Å². The molecule has 0 unspecified atom stereocenters. The molecule has 0 bridgehead atoms. The Bertz CT molecular complexity index is 598. The van der Waals surface area contributed by atoms with Gasteiger partial charge in [0.05, 0.1) is 12.1 Å². The van der Waals surface area contributed by atoms with Crippen LogP contribution in [0.3, 0.4) is 0 Å². The number of rotatable bonds is 4. The number of ketones is 1. The summed E-state index contributed by atoms with van der Waals surface area (Å²) >= 11 is 0. The maximum Gasteiger partial charge on any atom is 0.302 e. The first kappa shape index (κ1) is 17.2. The Kier molecular flexibility index (Phi) is 5.19. The number of benzene rings is 1. The van der Waals surface area contributed by atoms with Crippen LogP contribution in [0, 0.1) is 5.92 Å². The zero-order chi connectivity index (χ0) is 17.0. The van der Waals surface area contributed by atoms with E-state index in [2.05, 4.69) is 5.32 Å². The molecule has 5 heteroatoms. The third-order valence-electron chi connectivity index (χ3n) is 4.61. The minimum absolute atomic E-state index is 0.124. The standard InChI is InChI=1S/C18H23NO4/c1-12(20)19-18(3)15(11-23-13(2)21)9-16(22)10-17(18)14-7-5-4-6-8-14/h4-8,15,17H,9-11H2,1-3H3,(H,19,20)/t15-,17-,18+/m0/s1. The Hall–Kier alpha value is -2.17. The molecule has 0 aromatic heterocycles. The molecule has 2 rings (SSSR count). The Morgan fingerprint density at radius 1 is 1.22 bits per heavy atom. The van der Waals surface area contributed by atoms with Gasteiger partial charge in [0.1, 0.15) is 5.78 Å². The number of nitrogens with one attached hydrogen (secondary N) is 1. The molecule has 1 aromatic carbocycles. The van der Waals surface area contributed by atoms with Gasteiger partial charge < -0.3 is 10.1 Å². The Balaban J connectivity index is 2.38. The zero-order valence-electron chi connectivity index (χ0n) is 13.8. The lowest BCUT2D eigenvalue weighted by Crippen LogP contribution is -2.59. The van der Waals surface area contributed by atoms with Crippen LogP contribution in [0.1, 0.15) is 45.1 Å². The van der Waals surface area contributed by atoms with E-state index in [0.717, 1.165) is 5.56 Å². The van der Waals surface area contributed by atoms with Crippen molar-refractivity contribution in [2.24, 2.45) is 5.92 Å². The summed E-state index contributed by atoms with van der Waals surface area (Å²) in [6.45, 7) is 4.87. The highest BCUT2D eigenvalue weighted by Gasteiger charge is 2.48. The molecule has 1 amide bonds. The van der Waals surface area contributed by atoms with Crippen LogP contribution >= 0.6 is 0 Å². The number of hydrogen-bond acceptors (Lipinski definition) is 4. The maximum atomic E-state index is 12.2. The van der Waals surface area contributed by atoms with Crippen molar-refractivity contribution in [3.05, 3.63) is 35.9 Å². The van der Waals surface area contributed by atoms with Crippen LogP contribution in [-0.4, -0.2) is 29.8 Å². The van der Waals surface area contributed by atoms with E-state index in [1.165, 1.54) is 13.8 Å². The molecule has 1 fully saturated rings. The highest BCUT2D eigenvalue weighted by Crippen LogP contribution is 2.43. The lowest BCUT2D eigenvalue weighted by Gasteiger charge is -2.47. The van der Waals surface area contributed by atoms with Gasteiger partial charge in [-0.25, -0.2) is 0 Å². The molecular weight excluding hydrogens is 294 g/mol. The van der Waals surface area contributed by atoms with Gasteiger partial charge in [-0.1, -0.05) is 30.3 Å². The van der Waals surface area contributed by atoms with E-state index in [1.807, 2.05) is 37.3 Å². The van der Waals surface area contributed by atoms with Crippen molar-refractivity contribution in [1.29, 1.82) is 0 Å². The van der Waals surface area contributed by atoms with E-state index in [9.17, 15) is 14.4 Å². The van der Waals surface area contributed by atoms with E-state index in [4.69, 9.17) is 4.74 Å². The van der Waals surface area contributed by atoms with E-state index in [0.29, 0.717) is 12.8 Å². The second-order valence-corrected chi connectivity index (χ2v) is 6.37. The van der Waals surface area contributed by atoms with Gasteiger partial charge >= 0.3 is 5.97 Å². The van der Waals surface area contributed by atoms with Crippen LogP contribution < -0.4 is 5.32 Å². The predicted octanol–water partition coefficient (Wildman–Crippen LogP) is 2.21. The van der Waals surface area contributed by atoms with E-state index in [1.54, 1.807) is 0 Å². The fourth-order valence-corrected chi connectivity index (χ4v) is 3.46. The number of hydrogen-bond donors (Lipinski definition) is 1. The summed E-state index contributed by atoms with van der Waals surface area (Å²) in [6, 6.07) is 9.69. The van der Waals surface area contributed by atoms with Crippen LogP contribution in [0.5, 0.6) is 0 Å². The average molecular weight is 317 g/mol. The number of esters is 1. The van der Waals surface area contributed by atoms with E-state index < -0.39 is 5.54 Å². The van der Waals surface area contributed by atoms with Gasteiger partial charge in [0.25, 0.3) is 0 Å². The van der Waals surface area contributed by atoms with Crippen molar-refractivity contribution in [3.8, 4) is 0 Å². The highest BCUT2D eigenvalue weighted by molar-refractivity contribution is 5.82. The van der Waals surface area contributed by atoms with E-state index in [-0.39, 0.29) is 36.1 Å². The van der Waals surface area contributed by atoms with Crippen LogP contribution in [0.2, 0.25) is 0 Å². The fourth-order valence-electron chi connectivity index (χ4n) is 3.46. The molecule has 1 saturated carbocycles. The van der Waals surface area contributed by atoms with Gasteiger partial charge in [-0.05, 0) is 12.5 Å². The molecule has 0 radical (unpaired) electrons. The van der Waals surface area contributed by atoms with Gasteiger partial charge in [-0.3, -0.25) is 14.4 Å². The highest BCUT2D eigenvalue weighted by atomic mass is 16.5. The van der Waals surface area contributed by atoms with E-state index >= 15 is 0 Å². The van der Waals surface area contributed by atoms with Gasteiger partial charge in [-0.15, -0.1) is 0 Å². The van der Waals surface area contributed by atoms with Crippen molar-refractivity contribution in [2.45, 2.75) is 45.1 Å². The first-order valence-electron chi connectivity index (χ1n) is 7.81. The summed E-state index contributed by atoms with van der Waals surface area (Å²) in [7, 11) is 0. The first-order chi connectivity index (χ1) is 10.8. The topological polar surface area (TPSA) is 72.5 Å². The third-order valence-corrected chi connectivity index (χ3v) is 4.61. The van der Waals surface area contributed by atoms with Crippen molar-refractivity contribution >= 4 is 17.7 Å². The third kappa shape index (κ3) is 3.97. The quantitative estimate of drug-likeness (QED) is 0.864. The molecule has 1 aliphatic carbocycles. The smallest absolute Gasteiger partial charge is 0.302 e. The summed E-state index contributed by atoms with van der Waals surface area (Å²) < 4.78 is 5.15. The second-order valence-electron chi connectivity index (χ2n) is 6.37. The molecule has 5 nitrogen and oxygen atoms in total. The largest absolute Gasteiger partial charge is 0.465 e. The molecule has 0 spiro atoms.